The Labute approximate surface area is 178 Å². The van der Waals surface area contributed by atoms with E-state index in [4.69, 9.17) is 0 Å². The number of benzene rings is 1. The van der Waals surface area contributed by atoms with Crippen molar-refractivity contribution >= 4 is 27.9 Å². The third-order valence-electron chi connectivity index (χ3n) is 4.99. The standard InChI is InChI=1S/C21H25BrN4O3/c1-12(2)18(25-21(28)29-4)20(27)26-11-13(3)9-17(26)19-23-10-16(24-19)14-5-7-15(22)8-6-14/h5-8,10,12,17-18H,3,9,11H2,1-2,4H3,(H,23,24)(H,25,28)/t17-,18-/m0/s1. The molecular formula is C21H25BrN4O3. The molecule has 0 spiro atoms. The van der Waals surface area contributed by atoms with E-state index in [9.17, 15) is 9.59 Å². The molecule has 0 unspecified atom stereocenters. The van der Waals surface area contributed by atoms with Crippen LogP contribution < -0.4 is 5.32 Å². The van der Waals surface area contributed by atoms with Crippen molar-refractivity contribution in [2.75, 3.05) is 13.7 Å². The molecule has 8 heteroatoms. The van der Waals surface area contributed by atoms with Gasteiger partial charge in [0.1, 0.15) is 11.9 Å². The molecule has 0 bridgehead atoms. The number of carbonyl (C=O) groups is 2. The minimum Gasteiger partial charge on any atom is -0.453 e. The second kappa shape index (κ2) is 8.82. The number of halogens is 1. The largest absolute Gasteiger partial charge is 0.453 e. The van der Waals surface area contributed by atoms with Crippen molar-refractivity contribution in [1.82, 2.24) is 20.2 Å². The first-order valence-electron chi connectivity index (χ1n) is 9.42. The Kier molecular flexibility index (Phi) is 6.42. The number of likely N-dealkylation sites (tertiary alicyclic amines) is 1. The number of ether oxygens (including phenoxy) is 1. The van der Waals surface area contributed by atoms with E-state index in [0.29, 0.717) is 18.8 Å². The fourth-order valence-electron chi connectivity index (χ4n) is 3.44. The Balaban J connectivity index is 1.84. The minimum atomic E-state index is -0.684. The summed E-state index contributed by atoms with van der Waals surface area (Å²) in [5, 5.41) is 2.65. The summed E-state index contributed by atoms with van der Waals surface area (Å²) in [7, 11) is 1.28. The molecule has 0 aliphatic carbocycles. The van der Waals surface area contributed by atoms with Gasteiger partial charge in [0.2, 0.25) is 5.91 Å². The zero-order chi connectivity index (χ0) is 21.1. The van der Waals surface area contributed by atoms with Gasteiger partial charge in [0.15, 0.2) is 0 Å². The van der Waals surface area contributed by atoms with Crippen molar-refractivity contribution < 1.29 is 14.3 Å². The average molecular weight is 461 g/mol. The van der Waals surface area contributed by atoms with Crippen LogP contribution in [0.1, 0.15) is 32.1 Å². The molecule has 0 saturated carbocycles. The summed E-state index contributed by atoms with van der Waals surface area (Å²) >= 11 is 3.44. The van der Waals surface area contributed by atoms with Gasteiger partial charge in [0.25, 0.3) is 0 Å². The average Bonchev–Trinajstić information content (AvgIpc) is 3.32. The SMILES string of the molecule is C=C1C[C@@H](c2ncc(-c3ccc(Br)cc3)[nH]2)N(C(=O)[C@@H](NC(=O)OC)C(C)C)C1. The molecule has 1 aliphatic heterocycles. The highest BCUT2D eigenvalue weighted by molar-refractivity contribution is 9.10. The van der Waals surface area contributed by atoms with Crippen LogP contribution in [-0.2, 0) is 9.53 Å². The number of hydrogen-bond donors (Lipinski definition) is 2. The Hall–Kier alpha value is -2.61. The summed E-state index contributed by atoms with van der Waals surface area (Å²) in [6, 6.07) is 6.99. The maximum Gasteiger partial charge on any atom is 0.407 e. The van der Waals surface area contributed by atoms with Gasteiger partial charge in [-0.25, -0.2) is 9.78 Å². The smallest absolute Gasteiger partial charge is 0.407 e. The maximum atomic E-state index is 13.2. The predicted octanol–water partition coefficient (Wildman–Crippen LogP) is 4.05. The quantitative estimate of drug-likeness (QED) is 0.658. The van der Waals surface area contributed by atoms with Crippen LogP contribution in [-0.4, -0.2) is 46.6 Å². The molecule has 7 nitrogen and oxygen atoms in total. The number of methoxy groups -OCH3 is 1. The molecular weight excluding hydrogens is 436 g/mol. The number of hydrogen-bond acceptors (Lipinski definition) is 4. The lowest BCUT2D eigenvalue weighted by molar-refractivity contribution is -0.135. The molecule has 0 radical (unpaired) electrons. The molecule has 2 heterocycles. The molecule has 1 fully saturated rings. The monoisotopic (exact) mass is 460 g/mol. The fourth-order valence-corrected chi connectivity index (χ4v) is 3.70. The zero-order valence-corrected chi connectivity index (χ0v) is 18.3. The lowest BCUT2D eigenvalue weighted by Crippen LogP contribution is -2.51. The Morgan fingerprint density at radius 1 is 1.34 bits per heavy atom. The summed E-state index contributed by atoms with van der Waals surface area (Å²) in [5.74, 6) is 0.442. The molecule has 2 N–H and O–H groups in total. The summed E-state index contributed by atoms with van der Waals surface area (Å²) in [4.78, 5) is 34.6. The van der Waals surface area contributed by atoms with Crippen LogP contribution in [0.4, 0.5) is 4.79 Å². The molecule has 1 aromatic carbocycles. The number of rotatable bonds is 5. The van der Waals surface area contributed by atoms with Crippen LogP contribution in [0.15, 0.2) is 47.1 Å². The van der Waals surface area contributed by atoms with Gasteiger partial charge in [0.05, 0.1) is 25.0 Å². The van der Waals surface area contributed by atoms with Crippen LogP contribution in [0.2, 0.25) is 0 Å². The third kappa shape index (κ3) is 4.70. The summed E-state index contributed by atoms with van der Waals surface area (Å²) in [5.41, 5.74) is 2.84. The number of amides is 2. The van der Waals surface area contributed by atoms with Crippen molar-refractivity contribution in [2.24, 2.45) is 5.92 Å². The van der Waals surface area contributed by atoms with Crippen LogP contribution in [0.5, 0.6) is 0 Å². The highest BCUT2D eigenvalue weighted by Gasteiger charge is 2.38. The first-order valence-corrected chi connectivity index (χ1v) is 10.2. The number of aromatic amines is 1. The summed E-state index contributed by atoms with van der Waals surface area (Å²) in [6.45, 7) is 8.27. The number of imidazole rings is 1. The molecule has 1 aromatic heterocycles. The number of carbonyl (C=O) groups excluding carboxylic acids is 2. The fraction of sp³-hybridized carbons (Fsp3) is 0.381. The van der Waals surface area contributed by atoms with Crippen molar-refractivity contribution in [3.05, 3.63) is 52.9 Å². The van der Waals surface area contributed by atoms with Gasteiger partial charge in [0, 0.05) is 11.0 Å². The maximum absolute atomic E-state index is 13.2. The van der Waals surface area contributed by atoms with E-state index in [1.165, 1.54) is 7.11 Å². The van der Waals surface area contributed by atoms with E-state index in [1.54, 1.807) is 11.1 Å². The summed E-state index contributed by atoms with van der Waals surface area (Å²) in [6.07, 6.45) is 1.78. The van der Waals surface area contributed by atoms with Gasteiger partial charge in [-0.05, 0) is 30.0 Å². The van der Waals surface area contributed by atoms with Gasteiger partial charge < -0.3 is 19.9 Å². The van der Waals surface area contributed by atoms with Crippen molar-refractivity contribution in [1.29, 1.82) is 0 Å². The molecule has 2 amide bonds. The van der Waals surface area contributed by atoms with Crippen LogP contribution in [0.25, 0.3) is 11.3 Å². The molecule has 3 rings (SSSR count). The highest BCUT2D eigenvalue weighted by Crippen LogP contribution is 2.35. The van der Waals surface area contributed by atoms with E-state index in [2.05, 4.69) is 42.5 Å². The van der Waals surface area contributed by atoms with Crippen molar-refractivity contribution in [3.63, 3.8) is 0 Å². The van der Waals surface area contributed by atoms with E-state index in [-0.39, 0.29) is 17.9 Å². The van der Waals surface area contributed by atoms with Crippen LogP contribution in [0.3, 0.4) is 0 Å². The van der Waals surface area contributed by atoms with Crippen LogP contribution in [0, 0.1) is 5.92 Å². The number of nitrogens with one attached hydrogen (secondary N) is 2. The lowest BCUT2D eigenvalue weighted by atomic mass is 10.0. The summed E-state index contributed by atoms with van der Waals surface area (Å²) < 4.78 is 5.68. The number of H-pyrrole nitrogens is 1. The normalized spacial score (nSPS) is 17.5. The topological polar surface area (TPSA) is 87.3 Å². The number of alkyl carbamates (subject to hydrolysis) is 1. The molecule has 2 atom stereocenters. The van der Waals surface area contributed by atoms with Gasteiger partial charge >= 0.3 is 6.09 Å². The van der Waals surface area contributed by atoms with Crippen LogP contribution >= 0.6 is 15.9 Å². The van der Waals surface area contributed by atoms with E-state index in [1.807, 2.05) is 38.1 Å². The molecule has 1 saturated heterocycles. The highest BCUT2D eigenvalue weighted by atomic mass is 79.9. The van der Waals surface area contributed by atoms with E-state index < -0.39 is 12.1 Å². The zero-order valence-electron chi connectivity index (χ0n) is 16.7. The van der Waals surface area contributed by atoms with Gasteiger partial charge in [-0.15, -0.1) is 0 Å². The van der Waals surface area contributed by atoms with Crippen molar-refractivity contribution in [2.45, 2.75) is 32.4 Å². The minimum absolute atomic E-state index is 0.0916. The first-order chi connectivity index (χ1) is 13.8. The predicted molar refractivity (Wildman–Crippen MR) is 114 cm³/mol. The van der Waals surface area contributed by atoms with Crippen molar-refractivity contribution in [3.8, 4) is 11.3 Å². The molecule has 29 heavy (non-hydrogen) atoms. The molecule has 2 aromatic rings. The Morgan fingerprint density at radius 2 is 2.03 bits per heavy atom. The van der Waals surface area contributed by atoms with Gasteiger partial charge in [-0.1, -0.05) is 54.1 Å². The number of aromatic nitrogens is 2. The van der Waals surface area contributed by atoms with Gasteiger partial charge in [-0.3, -0.25) is 4.79 Å². The number of nitrogens with zero attached hydrogens (tertiary/aromatic N) is 2. The van der Waals surface area contributed by atoms with E-state index in [0.717, 1.165) is 21.3 Å². The first kappa shape index (κ1) is 21.1. The third-order valence-corrected chi connectivity index (χ3v) is 5.52. The molecule has 1 aliphatic rings. The Bertz CT molecular complexity index is 907. The molecule has 154 valence electrons. The second-order valence-electron chi connectivity index (χ2n) is 7.48. The second-order valence-corrected chi connectivity index (χ2v) is 8.40. The Morgan fingerprint density at radius 3 is 2.66 bits per heavy atom. The van der Waals surface area contributed by atoms with Gasteiger partial charge in [-0.2, -0.15) is 0 Å². The lowest BCUT2D eigenvalue weighted by Gasteiger charge is -2.29. The van der Waals surface area contributed by atoms with E-state index >= 15 is 0 Å².